The largest absolute Gasteiger partial charge is 0.459 e. The maximum atomic E-state index is 12.4. The van der Waals surface area contributed by atoms with E-state index in [2.05, 4.69) is 5.32 Å². The van der Waals surface area contributed by atoms with Gasteiger partial charge in [0, 0.05) is 17.2 Å². The molecule has 1 amide bonds. The summed E-state index contributed by atoms with van der Waals surface area (Å²) in [5.41, 5.74) is 0.766. The van der Waals surface area contributed by atoms with Crippen molar-refractivity contribution in [2.45, 2.75) is 45.1 Å². The number of rotatable bonds is 5. The van der Waals surface area contributed by atoms with Crippen LogP contribution >= 0.6 is 0 Å². The maximum Gasteiger partial charge on any atom is 0.309 e. The molecule has 2 aromatic rings. The first-order chi connectivity index (χ1) is 13.5. The van der Waals surface area contributed by atoms with Gasteiger partial charge in [-0.2, -0.15) is 0 Å². The van der Waals surface area contributed by atoms with E-state index in [1.54, 1.807) is 0 Å². The van der Waals surface area contributed by atoms with Gasteiger partial charge < -0.3 is 14.5 Å². The van der Waals surface area contributed by atoms with Gasteiger partial charge in [-0.05, 0) is 44.7 Å². The fourth-order valence-electron chi connectivity index (χ4n) is 4.50. The Labute approximate surface area is 163 Å². The standard InChI is InChI=1S/C22H25NO5/c1-13(19-11-14-5-2-3-8-18(14)28-19)23-20(24)12-27-22(26)17-9-15-6-4-7-16(10-17)21(15)25/h2-3,5,8,11,13,15-17H,4,6-7,9-10,12H2,1H3,(H,23,24)/t13-,15-,16+,17?/m0/s1. The molecule has 6 heteroatoms. The highest BCUT2D eigenvalue weighted by Crippen LogP contribution is 2.40. The number of carbonyl (C=O) groups is 3. The SMILES string of the molecule is C[C@H](NC(=O)COC(=O)C1C[C@H]2CCC[C@@H](C1)C2=O)c1cc2ccccc2o1. The van der Waals surface area contributed by atoms with Gasteiger partial charge in [0.15, 0.2) is 6.61 Å². The molecule has 2 saturated carbocycles. The Hall–Kier alpha value is -2.63. The zero-order chi connectivity index (χ0) is 19.7. The average Bonchev–Trinajstić information content (AvgIpc) is 3.10. The molecule has 0 aliphatic heterocycles. The smallest absolute Gasteiger partial charge is 0.309 e. The zero-order valence-corrected chi connectivity index (χ0v) is 16.0. The number of Topliss-reactive ketones (excluding diaryl/α,β-unsaturated/α-hetero) is 1. The van der Waals surface area contributed by atoms with Crippen LogP contribution < -0.4 is 5.32 Å². The van der Waals surface area contributed by atoms with E-state index < -0.39 is 0 Å². The number of furan rings is 1. The second kappa shape index (κ2) is 7.78. The van der Waals surface area contributed by atoms with Crippen molar-refractivity contribution in [2.75, 3.05) is 6.61 Å². The second-order valence-corrected chi connectivity index (χ2v) is 7.98. The minimum atomic E-state index is -0.367. The van der Waals surface area contributed by atoms with Crippen molar-refractivity contribution < 1.29 is 23.5 Å². The summed E-state index contributed by atoms with van der Waals surface area (Å²) in [6, 6.07) is 9.21. The highest BCUT2D eigenvalue weighted by atomic mass is 16.5. The van der Waals surface area contributed by atoms with Crippen LogP contribution in [0.15, 0.2) is 34.7 Å². The van der Waals surface area contributed by atoms with Crippen LogP contribution in [0.1, 0.15) is 50.8 Å². The number of benzene rings is 1. The normalized spacial score (nSPS) is 25.3. The van der Waals surface area contributed by atoms with Crippen molar-refractivity contribution in [3.05, 3.63) is 36.1 Å². The summed E-state index contributed by atoms with van der Waals surface area (Å²) in [4.78, 5) is 36.7. The first-order valence-corrected chi connectivity index (χ1v) is 9.99. The molecule has 1 N–H and O–H groups in total. The van der Waals surface area contributed by atoms with Crippen molar-refractivity contribution in [2.24, 2.45) is 17.8 Å². The molecule has 2 bridgehead atoms. The monoisotopic (exact) mass is 383 g/mol. The molecule has 0 spiro atoms. The lowest BCUT2D eigenvalue weighted by molar-refractivity contribution is -0.156. The van der Waals surface area contributed by atoms with Crippen LogP contribution in [0.2, 0.25) is 0 Å². The zero-order valence-electron chi connectivity index (χ0n) is 16.0. The van der Waals surface area contributed by atoms with Crippen LogP contribution in [-0.2, 0) is 19.1 Å². The predicted molar refractivity (Wildman–Crippen MR) is 102 cm³/mol. The molecule has 2 aliphatic rings. The molecular formula is C22H25NO5. The van der Waals surface area contributed by atoms with Gasteiger partial charge in [-0.1, -0.05) is 24.6 Å². The van der Waals surface area contributed by atoms with E-state index in [0.717, 1.165) is 30.2 Å². The molecule has 2 fully saturated rings. The van der Waals surface area contributed by atoms with Gasteiger partial charge in [0.05, 0.1) is 12.0 Å². The lowest BCUT2D eigenvalue weighted by atomic mass is 9.67. The first kappa shape index (κ1) is 18.7. The molecule has 2 aliphatic carbocycles. The Bertz CT molecular complexity index is 852. The minimum absolute atomic E-state index is 0.00742. The van der Waals surface area contributed by atoms with Crippen LogP contribution in [0.5, 0.6) is 0 Å². The molecule has 0 radical (unpaired) electrons. The summed E-state index contributed by atoms with van der Waals surface area (Å²) < 4.78 is 11.0. The van der Waals surface area contributed by atoms with E-state index >= 15 is 0 Å². The van der Waals surface area contributed by atoms with Gasteiger partial charge in [-0.25, -0.2) is 0 Å². The Morgan fingerprint density at radius 3 is 2.64 bits per heavy atom. The summed E-state index contributed by atoms with van der Waals surface area (Å²) in [5, 5.41) is 3.77. The quantitative estimate of drug-likeness (QED) is 0.798. The molecule has 28 heavy (non-hydrogen) atoms. The van der Waals surface area contributed by atoms with Gasteiger partial charge in [-0.15, -0.1) is 0 Å². The minimum Gasteiger partial charge on any atom is -0.459 e. The van der Waals surface area contributed by atoms with E-state index in [0.29, 0.717) is 24.4 Å². The Balaban J connectivity index is 1.28. The number of fused-ring (bicyclic) bond motifs is 3. The van der Waals surface area contributed by atoms with Gasteiger partial charge in [0.1, 0.15) is 17.1 Å². The van der Waals surface area contributed by atoms with Crippen molar-refractivity contribution in [1.29, 1.82) is 0 Å². The summed E-state index contributed by atoms with van der Waals surface area (Å²) in [7, 11) is 0. The fraction of sp³-hybridized carbons (Fsp3) is 0.500. The van der Waals surface area contributed by atoms with Crippen molar-refractivity contribution in [3.63, 3.8) is 0 Å². The van der Waals surface area contributed by atoms with Gasteiger partial charge in [0.2, 0.25) is 0 Å². The van der Waals surface area contributed by atoms with Crippen LogP contribution in [0.3, 0.4) is 0 Å². The first-order valence-electron chi connectivity index (χ1n) is 9.99. The molecule has 1 aromatic carbocycles. The topological polar surface area (TPSA) is 85.6 Å². The molecule has 1 unspecified atom stereocenters. The summed E-state index contributed by atoms with van der Waals surface area (Å²) in [5.74, 6) is -0.0518. The lowest BCUT2D eigenvalue weighted by Crippen LogP contribution is -2.40. The molecule has 4 atom stereocenters. The number of hydrogen-bond acceptors (Lipinski definition) is 5. The molecule has 0 saturated heterocycles. The van der Waals surface area contributed by atoms with E-state index in [-0.39, 0.29) is 42.3 Å². The number of para-hydroxylation sites is 1. The van der Waals surface area contributed by atoms with Crippen molar-refractivity contribution >= 4 is 28.6 Å². The van der Waals surface area contributed by atoms with Crippen LogP contribution in [0, 0.1) is 17.8 Å². The van der Waals surface area contributed by atoms with Crippen molar-refractivity contribution in [3.8, 4) is 0 Å². The van der Waals surface area contributed by atoms with E-state index in [1.165, 1.54) is 0 Å². The van der Waals surface area contributed by atoms with E-state index in [9.17, 15) is 14.4 Å². The average molecular weight is 383 g/mol. The number of esters is 1. The van der Waals surface area contributed by atoms with Gasteiger partial charge in [-0.3, -0.25) is 14.4 Å². The van der Waals surface area contributed by atoms with Crippen LogP contribution in [0.4, 0.5) is 0 Å². The number of ether oxygens (including phenoxy) is 1. The number of nitrogens with one attached hydrogen (secondary N) is 1. The maximum absolute atomic E-state index is 12.4. The molecule has 148 valence electrons. The predicted octanol–water partition coefficient (Wildman–Crippen LogP) is 3.55. The molecule has 4 rings (SSSR count). The van der Waals surface area contributed by atoms with Crippen LogP contribution in [0.25, 0.3) is 11.0 Å². The summed E-state index contributed by atoms with van der Waals surface area (Å²) in [6.45, 7) is 1.51. The third-order valence-electron chi connectivity index (χ3n) is 5.98. The Morgan fingerprint density at radius 2 is 1.93 bits per heavy atom. The number of ketones is 1. The molecule has 1 heterocycles. The number of hydrogen-bond donors (Lipinski definition) is 1. The third kappa shape index (κ3) is 3.81. The molecular weight excluding hydrogens is 358 g/mol. The summed E-state index contributed by atoms with van der Waals surface area (Å²) in [6.07, 6.45) is 3.92. The van der Waals surface area contributed by atoms with E-state index in [1.807, 2.05) is 37.3 Å². The van der Waals surface area contributed by atoms with Gasteiger partial charge in [0.25, 0.3) is 5.91 Å². The lowest BCUT2D eigenvalue weighted by Gasteiger charge is -2.36. The van der Waals surface area contributed by atoms with Crippen LogP contribution in [-0.4, -0.2) is 24.3 Å². The Kier molecular flexibility index (Phi) is 5.20. The third-order valence-corrected chi connectivity index (χ3v) is 5.98. The number of carbonyl (C=O) groups excluding carboxylic acids is 3. The number of amides is 1. The fourth-order valence-corrected chi connectivity index (χ4v) is 4.50. The Morgan fingerprint density at radius 1 is 1.21 bits per heavy atom. The van der Waals surface area contributed by atoms with E-state index in [4.69, 9.17) is 9.15 Å². The highest BCUT2D eigenvalue weighted by Gasteiger charge is 2.41. The summed E-state index contributed by atoms with van der Waals surface area (Å²) >= 11 is 0. The highest BCUT2D eigenvalue weighted by molar-refractivity contribution is 5.88. The molecule has 1 aromatic heterocycles. The van der Waals surface area contributed by atoms with Crippen molar-refractivity contribution in [1.82, 2.24) is 5.32 Å². The molecule has 6 nitrogen and oxygen atoms in total. The second-order valence-electron chi connectivity index (χ2n) is 7.98. The van der Waals surface area contributed by atoms with Gasteiger partial charge >= 0.3 is 5.97 Å².